The van der Waals surface area contributed by atoms with Gasteiger partial charge in [-0.2, -0.15) is 0 Å². The van der Waals surface area contributed by atoms with E-state index in [9.17, 15) is 21.6 Å². The second-order valence-corrected chi connectivity index (χ2v) is 13.0. The van der Waals surface area contributed by atoms with Crippen LogP contribution in [0.2, 0.25) is 0 Å². The summed E-state index contributed by atoms with van der Waals surface area (Å²) in [5, 5.41) is 0. The number of sulfone groups is 2. The maximum atomic E-state index is 13.6. The molecule has 2 aliphatic rings. The van der Waals surface area contributed by atoms with Crippen molar-refractivity contribution in [2.75, 3.05) is 0 Å². The maximum absolute atomic E-state index is 13.6. The Hall–Kier alpha value is -2.51. The lowest BCUT2D eigenvalue weighted by atomic mass is 9.91. The highest BCUT2D eigenvalue weighted by Gasteiger charge is 2.45. The molecule has 5 nitrogen and oxygen atoms in total. The summed E-state index contributed by atoms with van der Waals surface area (Å²) in [4.78, 5) is 13.0. The minimum Gasteiger partial charge on any atom is -0.288 e. The van der Waals surface area contributed by atoms with Gasteiger partial charge in [-0.25, -0.2) is 16.8 Å². The third-order valence-corrected chi connectivity index (χ3v) is 11.8. The fourth-order valence-electron chi connectivity index (χ4n) is 5.19. The molecule has 0 saturated carbocycles. The van der Waals surface area contributed by atoms with Crippen LogP contribution in [0.25, 0.3) is 5.57 Å². The molecule has 0 atom stereocenters. The SMILES string of the molecule is CC1=C(/C=C2/C(=O)c3c(C)c(C)c(C)c(C)c3S2(=O)=O)S(=O)(=O)c2c(C)c(C)c(C)c(C)c21. The number of Topliss-reactive ketones (excluding diaryl/α,β-unsaturated/α-hetero) is 1. The number of fused-ring (bicyclic) bond motifs is 2. The van der Waals surface area contributed by atoms with E-state index in [0.29, 0.717) is 27.8 Å². The first-order valence-electron chi connectivity index (χ1n) is 10.8. The lowest BCUT2D eigenvalue weighted by molar-refractivity contribution is 0.104. The number of carbonyl (C=O) groups is 1. The number of rotatable bonds is 1. The summed E-state index contributed by atoms with van der Waals surface area (Å²) in [6.07, 6.45) is 1.09. The van der Waals surface area contributed by atoms with Gasteiger partial charge >= 0.3 is 0 Å². The summed E-state index contributed by atoms with van der Waals surface area (Å²) < 4.78 is 54.4. The van der Waals surface area contributed by atoms with E-state index in [4.69, 9.17) is 0 Å². The van der Waals surface area contributed by atoms with Crippen molar-refractivity contribution < 1.29 is 21.6 Å². The lowest BCUT2D eigenvalue weighted by Gasteiger charge is -2.15. The molecule has 0 aliphatic carbocycles. The van der Waals surface area contributed by atoms with E-state index < -0.39 is 30.4 Å². The molecule has 0 N–H and O–H groups in total. The van der Waals surface area contributed by atoms with Gasteiger partial charge in [-0.3, -0.25) is 4.79 Å². The number of allylic oxidation sites excluding steroid dienone is 3. The van der Waals surface area contributed by atoms with Crippen molar-refractivity contribution >= 4 is 31.0 Å². The van der Waals surface area contributed by atoms with Crippen molar-refractivity contribution in [1.29, 1.82) is 0 Å². The largest absolute Gasteiger partial charge is 0.288 e. The Balaban J connectivity index is 2.07. The molecule has 2 aliphatic heterocycles. The van der Waals surface area contributed by atoms with E-state index in [-0.39, 0.29) is 20.3 Å². The Morgan fingerprint density at radius 2 is 0.909 bits per heavy atom. The van der Waals surface area contributed by atoms with Crippen molar-refractivity contribution in [1.82, 2.24) is 0 Å². The molecule has 0 radical (unpaired) electrons. The second kappa shape index (κ2) is 7.00. The molecule has 4 rings (SSSR count). The summed E-state index contributed by atoms with van der Waals surface area (Å²) in [6.45, 7) is 16.3. The topological polar surface area (TPSA) is 85.3 Å². The number of hydrogen-bond acceptors (Lipinski definition) is 5. The highest BCUT2D eigenvalue weighted by Crippen LogP contribution is 2.47. The van der Waals surface area contributed by atoms with Crippen LogP contribution in [0.1, 0.15) is 67.4 Å². The van der Waals surface area contributed by atoms with Crippen molar-refractivity contribution in [3.63, 3.8) is 0 Å². The first kappa shape index (κ1) is 23.6. The molecule has 0 bridgehead atoms. The van der Waals surface area contributed by atoms with Gasteiger partial charge in [0.25, 0.3) is 0 Å². The predicted octanol–water partition coefficient (Wildman–Crippen LogP) is 5.23. The summed E-state index contributed by atoms with van der Waals surface area (Å²) in [6, 6.07) is 0. The minimum absolute atomic E-state index is 0.00422. The summed E-state index contributed by atoms with van der Waals surface area (Å²) in [5.74, 6) is -0.638. The van der Waals surface area contributed by atoms with Gasteiger partial charge in [0, 0.05) is 11.1 Å². The first-order valence-corrected chi connectivity index (χ1v) is 13.7. The maximum Gasteiger partial charge on any atom is 0.211 e. The van der Waals surface area contributed by atoms with Crippen LogP contribution >= 0.6 is 0 Å². The zero-order valence-electron chi connectivity index (χ0n) is 20.4. The van der Waals surface area contributed by atoms with Crippen LogP contribution in [0.4, 0.5) is 0 Å². The Kier molecular flexibility index (Phi) is 5.01. The molecule has 0 saturated heterocycles. The molecule has 0 unspecified atom stereocenters. The second-order valence-electron chi connectivity index (χ2n) is 9.24. The zero-order valence-corrected chi connectivity index (χ0v) is 22.1. The Morgan fingerprint density at radius 3 is 1.39 bits per heavy atom. The van der Waals surface area contributed by atoms with Crippen LogP contribution in [0, 0.1) is 55.4 Å². The number of carbonyl (C=O) groups excluding carboxylic acids is 1. The van der Waals surface area contributed by atoms with Gasteiger partial charge in [0.1, 0.15) is 4.91 Å². The van der Waals surface area contributed by atoms with Crippen molar-refractivity contribution in [2.24, 2.45) is 0 Å². The van der Waals surface area contributed by atoms with Crippen LogP contribution < -0.4 is 0 Å². The molecule has 7 heteroatoms. The van der Waals surface area contributed by atoms with Gasteiger partial charge < -0.3 is 0 Å². The summed E-state index contributed by atoms with van der Waals surface area (Å²) in [5.41, 5.74) is 7.48. The Morgan fingerprint density at radius 1 is 0.515 bits per heavy atom. The summed E-state index contributed by atoms with van der Waals surface area (Å²) >= 11 is 0. The molecule has 2 aromatic rings. The van der Waals surface area contributed by atoms with Gasteiger partial charge in [-0.05, 0) is 118 Å². The highest BCUT2D eigenvalue weighted by atomic mass is 32.2. The average molecular weight is 485 g/mol. The third kappa shape index (κ3) is 2.78. The van der Waals surface area contributed by atoms with Gasteiger partial charge in [-0.1, -0.05) is 0 Å². The lowest BCUT2D eigenvalue weighted by Crippen LogP contribution is -2.08. The normalized spacial score (nSPS) is 19.4. The molecule has 0 aromatic heterocycles. The molecular weight excluding hydrogens is 456 g/mol. The van der Waals surface area contributed by atoms with Crippen molar-refractivity contribution in [2.45, 2.75) is 72.1 Å². The van der Waals surface area contributed by atoms with Gasteiger partial charge in [0.05, 0.1) is 14.7 Å². The van der Waals surface area contributed by atoms with Crippen LogP contribution in [-0.2, 0) is 19.7 Å². The van der Waals surface area contributed by atoms with Crippen LogP contribution in [-0.4, -0.2) is 22.6 Å². The smallest absolute Gasteiger partial charge is 0.211 e. The summed E-state index contributed by atoms with van der Waals surface area (Å²) in [7, 11) is -8.15. The standard InChI is InChI=1S/C26H28O5S2/c1-11-13(3)17(7)25-22(15(11)5)19(9)20(32(25,28)29)10-21-24(27)23-16(6)12(2)14(4)18(8)26(23)33(21,30)31/h10H,1-9H3/b21-10-. The van der Waals surface area contributed by atoms with Crippen molar-refractivity contribution in [3.8, 4) is 0 Å². The van der Waals surface area contributed by atoms with E-state index in [2.05, 4.69) is 0 Å². The zero-order chi connectivity index (χ0) is 24.9. The average Bonchev–Trinajstić information content (AvgIpc) is 3.06. The van der Waals surface area contributed by atoms with Crippen molar-refractivity contribution in [3.05, 3.63) is 71.5 Å². The quantitative estimate of drug-likeness (QED) is 0.518. The van der Waals surface area contributed by atoms with Gasteiger partial charge in [-0.15, -0.1) is 0 Å². The predicted molar refractivity (Wildman–Crippen MR) is 130 cm³/mol. The fourth-order valence-corrected chi connectivity index (χ4v) is 9.30. The number of hydrogen-bond donors (Lipinski definition) is 0. The molecular formula is C26H28O5S2. The Bertz CT molecular complexity index is 1610. The van der Waals surface area contributed by atoms with E-state index in [1.54, 1.807) is 27.7 Å². The molecule has 174 valence electrons. The van der Waals surface area contributed by atoms with Crippen LogP contribution in [0.5, 0.6) is 0 Å². The number of benzene rings is 2. The molecule has 0 fully saturated rings. The van der Waals surface area contributed by atoms with E-state index in [1.165, 1.54) is 0 Å². The van der Waals surface area contributed by atoms with E-state index in [1.807, 2.05) is 34.6 Å². The highest BCUT2D eigenvalue weighted by molar-refractivity contribution is 7.98. The van der Waals surface area contributed by atoms with Crippen LogP contribution in [0.15, 0.2) is 25.7 Å². The monoisotopic (exact) mass is 484 g/mol. The molecule has 33 heavy (non-hydrogen) atoms. The minimum atomic E-state index is -4.16. The third-order valence-electron chi connectivity index (χ3n) is 7.83. The van der Waals surface area contributed by atoms with E-state index >= 15 is 0 Å². The van der Waals surface area contributed by atoms with Gasteiger partial charge in [0.15, 0.2) is 0 Å². The number of ketones is 1. The molecule has 2 heterocycles. The molecule has 2 aromatic carbocycles. The molecule has 0 amide bonds. The first-order chi connectivity index (χ1) is 15.1. The molecule has 0 spiro atoms. The van der Waals surface area contributed by atoms with Gasteiger partial charge in [0.2, 0.25) is 25.5 Å². The Labute approximate surface area is 196 Å². The fraction of sp³-hybridized carbons (Fsp3) is 0.346. The van der Waals surface area contributed by atoms with Crippen LogP contribution in [0.3, 0.4) is 0 Å². The van der Waals surface area contributed by atoms with E-state index in [0.717, 1.165) is 33.9 Å².